The molecule has 2 unspecified atom stereocenters. The van der Waals surface area contributed by atoms with Crippen molar-refractivity contribution in [3.05, 3.63) is 41.3 Å². The van der Waals surface area contributed by atoms with Crippen molar-refractivity contribution in [2.45, 2.75) is 63.4 Å². The van der Waals surface area contributed by atoms with Crippen LogP contribution in [0.25, 0.3) is 0 Å². The van der Waals surface area contributed by atoms with Crippen LogP contribution in [-0.2, 0) is 28.9 Å². The number of carbonyl (C=O) groups excluding carboxylic acids is 1. The zero-order valence-electron chi connectivity index (χ0n) is 20.1. The molecule has 1 aliphatic carbocycles. The number of anilines is 1. The molecule has 0 aromatic carbocycles. The van der Waals surface area contributed by atoms with Gasteiger partial charge in [-0.2, -0.15) is 9.97 Å². The molecule has 1 amide bonds. The molecule has 0 aliphatic heterocycles. The summed E-state index contributed by atoms with van der Waals surface area (Å²) in [6.45, 7) is 6.87. The largest absolute Gasteiger partial charge is 0.609 e. The fourth-order valence-corrected chi connectivity index (χ4v) is 4.27. The standard InChI is InChI=1S/C23H34N6O3S/c1-23(2,3)32-22(30)26-13-12-25-20-17(14-27-21(28-20)33(5)31)15-29(4)18-10-6-8-16-9-7-11-24-19(16)18/h7,9,11,14,18H,6,8,10,12-13,15H2,1-5H3,(H,26,30)(H,25,27,28). The second kappa shape index (κ2) is 11.1. The summed E-state index contributed by atoms with van der Waals surface area (Å²) in [5, 5.41) is 6.25. The molecule has 1 aliphatic rings. The number of pyridine rings is 1. The summed E-state index contributed by atoms with van der Waals surface area (Å²) >= 11 is -1.30. The van der Waals surface area contributed by atoms with Crippen LogP contribution in [0.4, 0.5) is 10.6 Å². The Morgan fingerprint density at radius 2 is 2.12 bits per heavy atom. The van der Waals surface area contributed by atoms with Crippen molar-refractivity contribution in [3.8, 4) is 0 Å². The van der Waals surface area contributed by atoms with E-state index >= 15 is 0 Å². The minimum Gasteiger partial charge on any atom is -0.609 e. The second-order valence-corrected chi connectivity index (χ2v) is 10.5. The minimum atomic E-state index is -1.30. The predicted molar refractivity (Wildman–Crippen MR) is 128 cm³/mol. The summed E-state index contributed by atoms with van der Waals surface area (Å²) < 4.78 is 17.2. The Labute approximate surface area is 198 Å². The maximum atomic E-state index is 11.9. The Morgan fingerprint density at radius 3 is 2.85 bits per heavy atom. The van der Waals surface area contributed by atoms with E-state index in [1.165, 1.54) is 5.56 Å². The average Bonchev–Trinajstić information content (AvgIpc) is 2.75. The van der Waals surface area contributed by atoms with Crippen molar-refractivity contribution in [3.63, 3.8) is 0 Å². The summed E-state index contributed by atoms with van der Waals surface area (Å²) in [5.41, 5.74) is 2.79. The van der Waals surface area contributed by atoms with Crippen LogP contribution in [0.15, 0.2) is 29.7 Å². The molecule has 0 fully saturated rings. The molecule has 9 nitrogen and oxygen atoms in total. The number of hydrogen-bond acceptors (Lipinski definition) is 8. The van der Waals surface area contributed by atoms with E-state index in [1.807, 2.05) is 33.0 Å². The number of alkyl carbamates (subject to hydrolysis) is 1. The first-order valence-corrected chi connectivity index (χ1v) is 12.7. The van der Waals surface area contributed by atoms with E-state index in [2.05, 4.69) is 43.6 Å². The molecule has 0 saturated heterocycles. The normalized spacial score (nSPS) is 16.8. The van der Waals surface area contributed by atoms with Crippen molar-refractivity contribution in [1.82, 2.24) is 25.2 Å². The summed E-state index contributed by atoms with van der Waals surface area (Å²) in [6.07, 6.45) is 7.90. The molecule has 2 heterocycles. The van der Waals surface area contributed by atoms with Crippen LogP contribution >= 0.6 is 0 Å². The van der Waals surface area contributed by atoms with E-state index in [0.717, 1.165) is 30.5 Å². The van der Waals surface area contributed by atoms with Crippen molar-refractivity contribution >= 4 is 23.1 Å². The summed E-state index contributed by atoms with van der Waals surface area (Å²) in [5.74, 6) is 0.616. The van der Waals surface area contributed by atoms with Gasteiger partial charge in [-0.25, -0.2) is 4.79 Å². The molecule has 2 atom stereocenters. The van der Waals surface area contributed by atoms with Gasteiger partial charge in [0.25, 0.3) is 0 Å². The van der Waals surface area contributed by atoms with Crippen molar-refractivity contribution in [1.29, 1.82) is 0 Å². The molecule has 0 saturated carbocycles. The lowest BCUT2D eigenvalue weighted by molar-refractivity contribution is 0.0530. The third-order valence-corrected chi connectivity index (χ3v) is 6.01. The highest BCUT2D eigenvalue weighted by Gasteiger charge is 2.26. The lowest BCUT2D eigenvalue weighted by atomic mass is 9.91. The zero-order valence-corrected chi connectivity index (χ0v) is 20.9. The first-order valence-electron chi connectivity index (χ1n) is 11.2. The minimum absolute atomic E-state index is 0.219. The van der Waals surface area contributed by atoms with E-state index in [0.29, 0.717) is 25.5 Å². The van der Waals surface area contributed by atoms with Gasteiger partial charge in [0.15, 0.2) is 0 Å². The molecular formula is C23H34N6O3S. The first-order chi connectivity index (χ1) is 15.6. The smallest absolute Gasteiger partial charge is 0.407 e. The van der Waals surface area contributed by atoms with Crippen LogP contribution in [0.5, 0.6) is 0 Å². The maximum Gasteiger partial charge on any atom is 0.407 e. The van der Waals surface area contributed by atoms with Gasteiger partial charge in [0.1, 0.15) is 17.7 Å². The van der Waals surface area contributed by atoms with E-state index in [1.54, 1.807) is 12.5 Å². The Balaban J connectivity index is 1.67. The van der Waals surface area contributed by atoms with Gasteiger partial charge in [0.05, 0.1) is 11.7 Å². The van der Waals surface area contributed by atoms with Gasteiger partial charge in [-0.15, -0.1) is 0 Å². The SMILES string of the molecule is CN(Cc1cnc([S+](C)[O-])nc1NCCNC(=O)OC(C)(C)C)C1CCCc2cccnc21. The number of nitrogens with one attached hydrogen (secondary N) is 2. The van der Waals surface area contributed by atoms with Gasteiger partial charge in [-0.1, -0.05) is 6.07 Å². The fraction of sp³-hybridized carbons (Fsp3) is 0.565. The predicted octanol–water partition coefficient (Wildman–Crippen LogP) is 3.06. The molecule has 180 valence electrons. The quantitative estimate of drug-likeness (QED) is 0.341. The highest BCUT2D eigenvalue weighted by molar-refractivity contribution is 7.90. The molecule has 0 bridgehead atoms. The van der Waals surface area contributed by atoms with Gasteiger partial charge in [-0.3, -0.25) is 9.88 Å². The van der Waals surface area contributed by atoms with Crippen molar-refractivity contribution < 1.29 is 14.1 Å². The van der Waals surface area contributed by atoms with Crippen molar-refractivity contribution in [2.75, 3.05) is 31.7 Å². The van der Waals surface area contributed by atoms with E-state index in [9.17, 15) is 9.35 Å². The number of nitrogens with zero attached hydrogens (tertiary/aromatic N) is 4. The summed E-state index contributed by atoms with van der Waals surface area (Å²) in [7, 11) is 2.08. The number of rotatable bonds is 8. The van der Waals surface area contributed by atoms with Crippen LogP contribution in [0.3, 0.4) is 0 Å². The molecule has 2 aromatic heterocycles. The Kier molecular flexibility index (Phi) is 8.50. The number of aromatic nitrogens is 3. The number of ether oxygens (including phenoxy) is 1. The van der Waals surface area contributed by atoms with E-state index < -0.39 is 22.9 Å². The third kappa shape index (κ3) is 7.28. The number of hydrogen-bond donors (Lipinski definition) is 2. The Morgan fingerprint density at radius 1 is 1.33 bits per heavy atom. The fourth-order valence-electron chi connectivity index (χ4n) is 3.85. The molecule has 2 N–H and O–H groups in total. The van der Waals surface area contributed by atoms with Crippen LogP contribution in [0.1, 0.15) is 56.5 Å². The van der Waals surface area contributed by atoms with Gasteiger partial charge < -0.3 is 19.9 Å². The highest BCUT2D eigenvalue weighted by atomic mass is 32.2. The van der Waals surface area contributed by atoms with Gasteiger partial charge in [0, 0.05) is 48.8 Å². The maximum absolute atomic E-state index is 11.9. The van der Waals surface area contributed by atoms with Crippen LogP contribution in [0.2, 0.25) is 0 Å². The number of carbonyl (C=O) groups is 1. The van der Waals surface area contributed by atoms with Gasteiger partial charge in [0.2, 0.25) is 0 Å². The van der Waals surface area contributed by atoms with E-state index in [4.69, 9.17) is 4.74 Å². The molecule has 0 spiro atoms. The lowest BCUT2D eigenvalue weighted by Gasteiger charge is -2.32. The number of fused-ring (bicyclic) bond motifs is 1. The number of aryl methyl sites for hydroxylation is 1. The summed E-state index contributed by atoms with van der Waals surface area (Å²) in [6, 6.07) is 4.37. The third-order valence-electron chi connectivity index (χ3n) is 5.30. The Hall–Kier alpha value is -2.43. The topological polar surface area (TPSA) is 115 Å². The first kappa shape index (κ1) is 25.2. The second-order valence-electron chi connectivity index (χ2n) is 9.21. The molecule has 10 heteroatoms. The molecular weight excluding hydrogens is 440 g/mol. The monoisotopic (exact) mass is 474 g/mol. The van der Waals surface area contributed by atoms with Crippen molar-refractivity contribution in [2.24, 2.45) is 0 Å². The molecule has 2 aromatic rings. The average molecular weight is 475 g/mol. The lowest BCUT2D eigenvalue weighted by Crippen LogP contribution is -2.35. The summed E-state index contributed by atoms with van der Waals surface area (Å²) in [4.78, 5) is 27.5. The van der Waals surface area contributed by atoms with Crippen LogP contribution in [0, 0.1) is 0 Å². The molecule has 3 rings (SSSR count). The molecule has 0 radical (unpaired) electrons. The number of amides is 1. The zero-order chi connectivity index (χ0) is 24.0. The highest BCUT2D eigenvalue weighted by Crippen LogP contribution is 2.33. The van der Waals surface area contributed by atoms with Gasteiger partial charge in [-0.05, 0) is 58.7 Å². The molecule has 33 heavy (non-hydrogen) atoms. The van der Waals surface area contributed by atoms with Gasteiger partial charge >= 0.3 is 11.2 Å². The van der Waals surface area contributed by atoms with E-state index in [-0.39, 0.29) is 11.2 Å². The Bertz CT molecular complexity index is 950. The van der Waals surface area contributed by atoms with Crippen LogP contribution < -0.4 is 10.6 Å². The van der Waals surface area contributed by atoms with Crippen LogP contribution in [-0.4, -0.2) is 62.5 Å².